The molecule has 0 saturated carbocycles. The molecule has 0 fully saturated rings. The molecular weight excluding hydrogens is 255 g/mol. The topological polar surface area (TPSA) is 38.1 Å². The summed E-state index contributed by atoms with van der Waals surface area (Å²) in [5, 5.41) is 3.47. The second kappa shape index (κ2) is 4.31. The molecule has 0 aliphatic carbocycles. The molecule has 0 spiro atoms. The molecular formula is C13H8ClFN2O. The molecule has 1 heterocycles. The van der Waals surface area contributed by atoms with Crippen molar-refractivity contribution in [1.82, 2.24) is 4.98 Å². The van der Waals surface area contributed by atoms with Crippen LogP contribution in [0, 0.1) is 5.82 Å². The van der Waals surface area contributed by atoms with E-state index in [0.29, 0.717) is 27.8 Å². The van der Waals surface area contributed by atoms with Crippen LogP contribution in [0.4, 0.5) is 16.1 Å². The largest absolute Gasteiger partial charge is 0.423 e. The van der Waals surface area contributed by atoms with Crippen molar-refractivity contribution in [2.24, 2.45) is 0 Å². The average molecular weight is 263 g/mol. The molecule has 1 aromatic heterocycles. The predicted molar refractivity (Wildman–Crippen MR) is 68.7 cm³/mol. The number of anilines is 2. The summed E-state index contributed by atoms with van der Waals surface area (Å²) in [5.74, 6) is -0.320. The van der Waals surface area contributed by atoms with Gasteiger partial charge in [-0.3, -0.25) is 0 Å². The van der Waals surface area contributed by atoms with Crippen molar-refractivity contribution in [2.45, 2.75) is 0 Å². The monoisotopic (exact) mass is 262 g/mol. The standard InChI is InChI=1S/C13H8ClFN2O/c14-8-4-5-11-12(6-8)18-13(17-11)16-10-3-1-2-9(15)7-10/h1-7H,(H,16,17). The zero-order valence-corrected chi connectivity index (χ0v) is 9.91. The molecule has 0 bridgehead atoms. The van der Waals surface area contributed by atoms with Crippen LogP contribution in [0.2, 0.25) is 5.02 Å². The second-order valence-electron chi connectivity index (χ2n) is 3.77. The maximum atomic E-state index is 13.0. The van der Waals surface area contributed by atoms with E-state index < -0.39 is 0 Å². The number of halogens is 2. The van der Waals surface area contributed by atoms with Crippen LogP contribution in [-0.4, -0.2) is 4.98 Å². The van der Waals surface area contributed by atoms with E-state index in [2.05, 4.69) is 10.3 Å². The Morgan fingerprint density at radius 3 is 2.89 bits per heavy atom. The third kappa shape index (κ3) is 2.15. The molecule has 1 N–H and O–H groups in total. The Balaban J connectivity index is 1.95. The number of nitrogens with one attached hydrogen (secondary N) is 1. The first-order chi connectivity index (χ1) is 8.70. The van der Waals surface area contributed by atoms with E-state index >= 15 is 0 Å². The third-order valence-corrected chi connectivity index (χ3v) is 2.66. The second-order valence-corrected chi connectivity index (χ2v) is 4.20. The van der Waals surface area contributed by atoms with Gasteiger partial charge in [0.05, 0.1) is 0 Å². The lowest BCUT2D eigenvalue weighted by molar-refractivity contribution is 0.620. The Morgan fingerprint density at radius 2 is 2.06 bits per heavy atom. The lowest BCUT2D eigenvalue weighted by Gasteiger charge is -2.00. The number of fused-ring (bicyclic) bond motifs is 1. The Labute approximate surface area is 107 Å². The zero-order valence-electron chi connectivity index (χ0n) is 9.15. The van der Waals surface area contributed by atoms with Crippen molar-refractivity contribution in [3.8, 4) is 0 Å². The minimum absolute atomic E-state index is 0.304. The molecule has 0 unspecified atom stereocenters. The summed E-state index contributed by atoms with van der Waals surface area (Å²) in [5.41, 5.74) is 1.85. The van der Waals surface area contributed by atoms with Crippen LogP contribution in [-0.2, 0) is 0 Å². The number of aromatic nitrogens is 1. The molecule has 0 atom stereocenters. The molecule has 0 saturated heterocycles. The number of hydrogen-bond acceptors (Lipinski definition) is 3. The van der Waals surface area contributed by atoms with Gasteiger partial charge in [0.2, 0.25) is 0 Å². The fourth-order valence-corrected chi connectivity index (χ4v) is 1.80. The Morgan fingerprint density at radius 1 is 1.17 bits per heavy atom. The first-order valence-electron chi connectivity index (χ1n) is 5.29. The number of benzene rings is 2. The van der Waals surface area contributed by atoms with Gasteiger partial charge in [0.15, 0.2) is 5.58 Å². The van der Waals surface area contributed by atoms with Crippen LogP contribution < -0.4 is 5.32 Å². The summed E-state index contributed by atoms with van der Waals surface area (Å²) in [6.45, 7) is 0. The lowest BCUT2D eigenvalue weighted by Crippen LogP contribution is -1.90. The fourth-order valence-electron chi connectivity index (χ4n) is 1.64. The smallest absolute Gasteiger partial charge is 0.300 e. The van der Waals surface area contributed by atoms with E-state index in [-0.39, 0.29) is 5.82 Å². The van der Waals surface area contributed by atoms with Crippen molar-refractivity contribution in [2.75, 3.05) is 5.32 Å². The molecule has 90 valence electrons. The van der Waals surface area contributed by atoms with Gasteiger partial charge >= 0.3 is 0 Å². The van der Waals surface area contributed by atoms with Crippen LogP contribution in [0.25, 0.3) is 11.1 Å². The fraction of sp³-hybridized carbons (Fsp3) is 0. The van der Waals surface area contributed by atoms with Crippen molar-refractivity contribution in [3.05, 3.63) is 53.3 Å². The summed E-state index contributed by atoms with van der Waals surface area (Å²) in [6, 6.07) is 11.6. The first-order valence-corrected chi connectivity index (χ1v) is 5.67. The van der Waals surface area contributed by atoms with Crippen molar-refractivity contribution in [1.29, 1.82) is 0 Å². The molecule has 0 aliphatic rings. The molecule has 3 nitrogen and oxygen atoms in total. The normalized spacial score (nSPS) is 10.8. The van der Waals surface area contributed by atoms with Crippen molar-refractivity contribution >= 4 is 34.4 Å². The maximum absolute atomic E-state index is 13.0. The number of hydrogen-bond donors (Lipinski definition) is 1. The summed E-state index contributed by atoms with van der Waals surface area (Å²) < 4.78 is 18.5. The van der Waals surface area contributed by atoms with Crippen molar-refractivity contribution in [3.63, 3.8) is 0 Å². The molecule has 0 radical (unpaired) electrons. The lowest BCUT2D eigenvalue weighted by atomic mass is 10.3. The highest BCUT2D eigenvalue weighted by Crippen LogP contribution is 2.24. The Kier molecular flexibility index (Phi) is 2.64. The van der Waals surface area contributed by atoms with E-state index in [0.717, 1.165) is 0 Å². The van der Waals surface area contributed by atoms with Gasteiger partial charge in [-0.2, -0.15) is 4.98 Å². The molecule has 18 heavy (non-hydrogen) atoms. The van der Waals surface area contributed by atoms with Gasteiger partial charge in [0.1, 0.15) is 11.3 Å². The van der Waals surface area contributed by atoms with E-state index in [1.54, 1.807) is 30.3 Å². The highest BCUT2D eigenvalue weighted by atomic mass is 35.5. The average Bonchev–Trinajstić information content (AvgIpc) is 2.70. The Hall–Kier alpha value is -2.07. The van der Waals surface area contributed by atoms with Crippen LogP contribution in [0.5, 0.6) is 0 Å². The van der Waals surface area contributed by atoms with Gasteiger partial charge in [-0.05, 0) is 30.3 Å². The minimum atomic E-state index is -0.320. The van der Waals surface area contributed by atoms with Crippen LogP contribution in [0.15, 0.2) is 46.9 Å². The van der Waals surface area contributed by atoms with Crippen LogP contribution in [0.1, 0.15) is 0 Å². The number of nitrogens with zero attached hydrogens (tertiary/aromatic N) is 1. The third-order valence-electron chi connectivity index (χ3n) is 2.43. The molecule has 0 amide bonds. The van der Waals surface area contributed by atoms with E-state index in [1.165, 1.54) is 12.1 Å². The zero-order chi connectivity index (χ0) is 12.5. The highest BCUT2D eigenvalue weighted by Gasteiger charge is 2.06. The summed E-state index contributed by atoms with van der Waals surface area (Å²) >= 11 is 5.85. The van der Waals surface area contributed by atoms with Gasteiger partial charge in [-0.1, -0.05) is 17.7 Å². The quantitative estimate of drug-likeness (QED) is 0.745. The van der Waals surface area contributed by atoms with Crippen LogP contribution >= 0.6 is 11.6 Å². The first kappa shape index (κ1) is 11.0. The predicted octanol–water partition coefficient (Wildman–Crippen LogP) is 4.36. The van der Waals surface area contributed by atoms with Gasteiger partial charge < -0.3 is 9.73 Å². The van der Waals surface area contributed by atoms with Gasteiger partial charge in [-0.15, -0.1) is 0 Å². The summed E-state index contributed by atoms with van der Waals surface area (Å²) in [4.78, 5) is 4.22. The van der Waals surface area contributed by atoms with Gasteiger partial charge in [0, 0.05) is 16.8 Å². The molecule has 3 aromatic rings. The Bertz CT molecular complexity index is 711. The van der Waals surface area contributed by atoms with Crippen molar-refractivity contribution < 1.29 is 8.81 Å². The summed E-state index contributed by atoms with van der Waals surface area (Å²) in [6.07, 6.45) is 0. The van der Waals surface area contributed by atoms with Crippen LogP contribution in [0.3, 0.4) is 0 Å². The van der Waals surface area contributed by atoms with Gasteiger partial charge in [0.25, 0.3) is 6.01 Å². The molecule has 3 rings (SSSR count). The van der Waals surface area contributed by atoms with Gasteiger partial charge in [-0.25, -0.2) is 4.39 Å². The molecule has 5 heteroatoms. The molecule has 2 aromatic carbocycles. The number of rotatable bonds is 2. The van der Waals surface area contributed by atoms with E-state index in [1.807, 2.05) is 0 Å². The SMILES string of the molecule is Fc1cccc(Nc2nc3ccc(Cl)cc3o2)c1. The van der Waals surface area contributed by atoms with E-state index in [9.17, 15) is 4.39 Å². The molecule has 0 aliphatic heterocycles. The number of oxazole rings is 1. The summed E-state index contributed by atoms with van der Waals surface area (Å²) in [7, 11) is 0. The highest BCUT2D eigenvalue weighted by molar-refractivity contribution is 6.31. The maximum Gasteiger partial charge on any atom is 0.300 e. The minimum Gasteiger partial charge on any atom is -0.423 e. The van der Waals surface area contributed by atoms with E-state index in [4.69, 9.17) is 16.0 Å².